The monoisotopic (exact) mass is 671 g/mol. The molecule has 4 aromatic rings. The summed E-state index contributed by atoms with van der Waals surface area (Å²) in [7, 11) is 3.18. The number of benzene rings is 3. The van der Waals surface area contributed by atoms with Gasteiger partial charge in [-0.1, -0.05) is 23.5 Å². The third-order valence-corrected chi connectivity index (χ3v) is 13.0. The number of halogens is 1. The van der Waals surface area contributed by atoms with Crippen LogP contribution in [0.15, 0.2) is 82.6 Å². The van der Waals surface area contributed by atoms with Gasteiger partial charge in [-0.15, -0.1) is 11.8 Å². The fraction of sp³-hybridized carbons (Fsp3) is 0.314. The van der Waals surface area contributed by atoms with Gasteiger partial charge in [0.1, 0.15) is 23.9 Å². The number of carbonyl (C=O) groups excluding carboxylic acids is 3. The summed E-state index contributed by atoms with van der Waals surface area (Å²) in [6.45, 7) is -0.160. The second-order valence-electron chi connectivity index (χ2n) is 12.4. The quantitative estimate of drug-likeness (QED) is 0.263. The Morgan fingerprint density at radius 3 is 2.13 bits per heavy atom. The van der Waals surface area contributed by atoms with Crippen LogP contribution in [0.1, 0.15) is 22.8 Å². The lowest BCUT2D eigenvalue weighted by Gasteiger charge is -2.43. The van der Waals surface area contributed by atoms with Crippen LogP contribution in [0.5, 0.6) is 11.5 Å². The summed E-state index contributed by atoms with van der Waals surface area (Å²) in [6.07, 6.45) is 0.732. The third kappa shape index (κ3) is 4.71. The van der Waals surface area contributed by atoms with Gasteiger partial charge in [0, 0.05) is 21.7 Å². The van der Waals surface area contributed by atoms with Gasteiger partial charge >= 0.3 is 4.87 Å². The Morgan fingerprint density at radius 2 is 1.49 bits per heavy atom. The first-order valence-electron chi connectivity index (χ1n) is 15.4. The van der Waals surface area contributed by atoms with Crippen LogP contribution < -0.4 is 24.6 Å². The predicted molar refractivity (Wildman–Crippen MR) is 176 cm³/mol. The highest BCUT2D eigenvalue weighted by Gasteiger charge is 2.69. The number of imide groups is 1. The molecule has 47 heavy (non-hydrogen) atoms. The number of thiazole rings is 1. The molecule has 8 rings (SSSR count). The van der Waals surface area contributed by atoms with E-state index < -0.39 is 17.7 Å². The zero-order chi connectivity index (χ0) is 32.6. The van der Waals surface area contributed by atoms with Crippen LogP contribution in [-0.2, 0) is 20.9 Å². The Labute approximate surface area is 277 Å². The number of aromatic nitrogens is 1. The van der Waals surface area contributed by atoms with Crippen LogP contribution >= 0.6 is 23.1 Å². The first-order valence-corrected chi connectivity index (χ1v) is 17.1. The zero-order valence-corrected chi connectivity index (χ0v) is 27.1. The van der Waals surface area contributed by atoms with Crippen molar-refractivity contribution in [2.45, 2.75) is 29.2 Å². The molecule has 7 unspecified atom stereocenters. The summed E-state index contributed by atoms with van der Waals surface area (Å²) >= 11 is 2.71. The van der Waals surface area contributed by atoms with Gasteiger partial charge in [0.15, 0.2) is 0 Å². The van der Waals surface area contributed by atoms with Gasteiger partial charge in [-0.05, 0) is 90.4 Å². The summed E-state index contributed by atoms with van der Waals surface area (Å²) < 4.78 is 25.9. The molecular formula is C35H30FN3O6S2. The number of amides is 3. The molecule has 7 atom stereocenters. The zero-order valence-electron chi connectivity index (χ0n) is 25.4. The molecule has 0 spiro atoms. The lowest BCUT2D eigenvalue weighted by atomic mass is 9.68. The highest BCUT2D eigenvalue weighted by atomic mass is 32.2. The van der Waals surface area contributed by atoms with E-state index in [0.717, 1.165) is 33.2 Å². The van der Waals surface area contributed by atoms with Gasteiger partial charge in [-0.2, -0.15) is 0 Å². The van der Waals surface area contributed by atoms with E-state index >= 15 is 0 Å². The van der Waals surface area contributed by atoms with Crippen molar-refractivity contribution >= 4 is 52.2 Å². The van der Waals surface area contributed by atoms with Gasteiger partial charge in [0.05, 0.1) is 36.8 Å². The highest BCUT2D eigenvalue weighted by Crippen LogP contribution is 2.69. The fourth-order valence-electron chi connectivity index (χ4n) is 8.30. The number of fused-ring (bicyclic) bond motifs is 9. The first kappa shape index (κ1) is 29.9. The third-order valence-electron chi connectivity index (χ3n) is 10.2. The summed E-state index contributed by atoms with van der Waals surface area (Å²) in [5, 5.41) is 3.57. The molecule has 3 heterocycles. The second-order valence-corrected chi connectivity index (χ2v) is 14.6. The molecule has 2 bridgehead atoms. The average molecular weight is 672 g/mol. The smallest absolute Gasteiger partial charge is 0.308 e. The predicted octanol–water partition coefficient (Wildman–Crippen LogP) is 5.38. The number of hydrogen-bond donors (Lipinski definition) is 1. The maximum atomic E-state index is 14.0. The Kier molecular flexibility index (Phi) is 7.25. The van der Waals surface area contributed by atoms with Gasteiger partial charge in [-0.3, -0.25) is 28.6 Å². The minimum Gasteiger partial charge on any atom is -0.497 e. The number of ether oxygens (including phenoxy) is 2. The fourth-order valence-corrected chi connectivity index (χ4v) is 11.4. The molecule has 9 nitrogen and oxygen atoms in total. The van der Waals surface area contributed by atoms with Crippen LogP contribution in [-0.4, -0.2) is 41.8 Å². The molecule has 1 aromatic heterocycles. The first-order chi connectivity index (χ1) is 22.8. The van der Waals surface area contributed by atoms with Crippen molar-refractivity contribution in [1.29, 1.82) is 0 Å². The van der Waals surface area contributed by atoms with Gasteiger partial charge < -0.3 is 14.8 Å². The number of thioether (sulfide) groups is 1. The number of nitrogens with one attached hydrogen (secondary N) is 1. The van der Waals surface area contributed by atoms with Crippen molar-refractivity contribution in [1.82, 2.24) is 4.57 Å². The van der Waals surface area contributed by atoms with Crippen molar-refractivity contribution < 1.29 is 28.2 Å². The largest absolute Gasteiger partial charge is 0.497 e. The van der Waals surface area contributed by atoms with E-state index in [-0.39, 0.29) is 58.1 Å². The highest BCUT2D eigenvalue weighted by molar-refractivity contribution is 8.00. The molecule has 240 valence electrons. The summed E-state index contributed by atoms with van der Waals surface area (Å²) in [5.41, 5.74) is 1.97. The SMILES string of the molecule is COc1ccc(NC(=O)Cn2c3c(sc2=O)C(c2ccc(OC)cc2)C2C4CC(C2S3)C2C(=O)N(c3ccc(F)cc3)C(=O)C42)cc1. The van der Waals surface area contributed by atoms with E-state index in [9.17, 15) is 23.6 Å². The Balaban J connectivity index is 1.16. The lowest BCUT2D eigenvalue weighted by Crippen LogP contribution is -2.43. The Morgan fingerprint density at radius 1 is 0.872 bits per heavy atom. The Hall–Kier alpha value is -4.42. The molecule has 1 saturated heterocycles. The number of rotatable bonds is 7. The minimum absolute atomic E-state index is 0.00307. The molecule has 2 aliphatic carbocycles. The molecule has 12 heteroatoms. The van der Waals surface area contributed by atoms with Crippen molar-refractivity contribution in [2.75, 3.05) is 24.4 Å². The number of carbonyl (C=O) groups is 3. The van der Waals surface area contributed by atoms with Crippen LogP contribution in [0.25, 0.3) is 0 Å². The van der Waals surface area contributed by atoms with E-state index in [1.54, 1.807) is 54.8 Å². The van der Waals surface area contributed by atoms with Crippen LogP contribution in [0, 0.1) is 35.4 Å². The van der Waals surface area contributed by atoms with Crippen molar-refractivity contribution in [2.24, 2.45) is 29.6 Å². The molecule has 2 aliphatic heterocycles. The van der Waals surface area contributed by atoms with Gasteiger partial charge in [0.25, 0.3) is 0 Å². The maximum absolute atomic E-state index is 14.0. The molecular weight excluding hydrogens is 642 g/mol. The van der Waals surface area contributed by atoms with Crippen LogP contribution in [0.2, 0.25) is 0 Å². The average Bonchev–Trinajstić information content (AvgIpc) is 3.80. The van der Waals surface area contributed by atoms with Gasteiger partial charge in [-0.25, -0.2) is 4.39 Å². The molecule has 0 radical (unpaired) electrons. The van der Waals surface area contributed by atoms with Crippen molar-refractivity contribution in [3.63, 3.8) is 0 Å². The molecule has 4 aliphatic rings. The number of methoxy groups -OCH3 is 2. The summed E-state index contributed by atoms with van der Waals surface area (Å²) in [6, 6.07) is 20.2. The van der Waals surface area contributed by atoms with Crippen molar-refractivity contribution in [3.05, 3.63) is 98.7 Å². The molecule has 3 amide bonds. The number of hydrogen-bond acceptors (Lipinski definition) is 8. The molecule has 2 saturated carbocycles. The van der Waals surface area contributed by atoms with Gasteiger partial charge in [0.2, 0.25) is 17.7 Å². The molecule has 1 N–H and O–H groups in total. The van der Waals surface area contributed by atoms with E-state index in [0.29, 0.717) is 22.9 Å². The van der Waals surface area contributed by atoms with E-state index in [1.807, 2.05) is 24.3 Å². The Bertz CT molecular complexity index is 1960. The normalized spacial score (nSPS) is 27.0. The number of nitrogens with zero attached hydrogens (tertiary/aromatic N) is 2. The van der Waals surface area contributed by atoms with E-state index in [4.69, 9.17) is 9.47 Å². The maximum Gasteiger partial charge on any atom is 0.308 e. The van der Waals surface area contributed by atoms with Crippen LogP contribution in [0.3, 0.4) is 0 Å². The van der Waals surface area contributed by atoms with E-state index in [2.05, 4.69) is 5.32 Å². The molecule has 3 aromatic carbocycles. The second kappa shape index (κ2) is 11.4. The van der Waals surface area contributed by atoms with E-state index in [1.165, 1.54) is 29.2 Å². The summed E-state index contributed by atoms with van der Waals surface area (Å²) in [5.74, 6) is -1.21. The topological polar surface area (TPSA) is 107 Å². The standard InChI is InChI=1S/C35H30FN3O6S2/c1-44-21-11-3-17(4-12-21)26-27-23-15-24(29-28(23)32(41)39(33(29)42)20-9-5-18(36)6-10-20)30(27)46-34-31(26)47-35(43)38(34)16-25(40)37-19-7-13-22(45-2)14-8-19/h3-14,23-24,26-30H,15-16H2,1-2H3,(H,37,40). The number of anilines is 2. The molecule has 3 fully saturated rings. The minimum atomic E-state index is -0.485. The lowest BCUT2D eigenvalue weighted by molar-refractivity contribution is -0.123. The van der Waals surface area contributed by atoms with Crippen molar-refractivity contribution in [3.8, 4) is 11.5 Å². The summed E-state index contributed by atoms with van der Waals surface area (Å²) in [4.78, 5) is 56.6. The van der Waals surface area contributed by atoms with Crippen LogP contribution in [0.4, 0.5) is 15.8 Å².